The van der Waals surface area contributed by atoms with Crippen LogP contribution < -0.4 is 19.7 Å². The summed E-state index contributed by atoms with van der Waals surface area (Å²) in [4.78, 5) is 39.3. The van der Waals surface area contributed by atoms with Gasteiger partial charge in [-0.1, -0.05) is 53.5 Å². The highest BCUT2D eigenvalue weighted by molar-refractivity contribution is 6.40. The van der Waals surface area contributed by atoms with Crippen molar-refractivity contribution < 1.29 is 23.9 Å². The zero-order valence-electron chi connectivity index (χ0n) is 19.5. The number of hydrogen-bond acceptors (Lipinski definition) is 5. The molecule has 1 heterocycles. The molecule has 184 valence electrons. The lowest BCUT2D eigenvalue weighted by atomic mass is 10.1. The summed E-state index contributed by atoms with van der Waals surface area (Å²) in [6.07, 6.45) is 1.40. The van der Waals surface area contributed by atoms with Gasteiger partial charge in [-0.05, 0) is 61.4 Å². The molecule has 1 saturated heterocycles. The van der Waals surface area contributed by atoms with E-state index in [1.165, 1.54) is 6.08 Å². The van der Waals surface area contributed by atoms with Crippen molar-refractivity contribution in [3.8, 4) is 11.5 Å². The Labute approximate surface area is 218 Å². The Morgan fingerprint density at radius 2 is 1.67 bits per heavy atom. The van der Waals surface area contributed by atoms with Crippen LogP contribution in [0.5, 0.6) is 11.5 Å². The molecule has 4 amide bonds. The number of urea groups is 1. The maximum absolute atomic E-state index is 13.2. The third kappa shape index (κ3) is 5.22. The van der Waals surface area contributed by atoms with E-state index in [2.05, 4.69) is 5.32 Å². The second kappa shape index (κ2) is 10.8. The molecule has 0 radical (unpaired) electrons. The van der Waals surface area contributed by atoms with Crippen molar-refractivity contribution in [1.82, 2.24) is 5.32 Å². The van der Waals surface area contributed by atoms with Crippen molar-refractivity contribution in [2.24, 2.45) is 0 Å². The van der Waals surface area contributed by atoms with Gasteiger partial charge in [-0.25, -0.2) is 9.69 Å². The summed E-state index contributed by atoms with van der Waals surface area (Å²) >= 11 is 12.4. The fraction of sp³-hybridized carbons (Fsp3) is 0.148. The van der Waals surface area contributed by atoms with Gasteiger partial charge in [-0.3, -0.25) is 14.9 Å². The lowest BCUT2D eigenvalue weighted by Crippen LogP contribution is -2.54. The van der Waals surface area contributed by atoms with Crippen molar-refractivity contribution >= 4 is 52.8 Å². The van der Waals surface area contributed by atoms with Crippen molar-refractivity contribution in [2.45, 2.75) is 20.5 Å². The summed E-state index contributed by atoms with van der Waals surface area (Å²) in [5, 5.41) is 3.20. The van der Waals surface area contributed by atoms with Crippen LogP contribution in [-0.2, 0) is 16.2 Å². The summed E-state index contributed by atoms with van der Waals surface area (Å²) in [6.45, 7) is 4.13. The van der Waals surface area contributed by atoms with Gasteiger partial charge in [0.25, 0.3) is 11.8 Å². The SMILES string of the molecule is CCOc1cc(/C=C2\C(=O)NC(=O)N(c3cccc(Cl)c3C)C2=O)ccc1OCc1ccccc1Cl. The molecule has 3 aromatic carbocycles. The Hall–Kier alpha value is -3.81. The molecule has 7 nitrogen and oxygen atoms in total. The van der Waals surface area contributed by atoms with E-state index in [1.54, 1.807) is 49.4 Å². The smallest absolute Gasteiger partial charge is 0.335 e. The predicted molar refractivity (Wildman–Crippen MR) is 139 cm³/mol. The van der Waals surface area contributed by atoms with Crippen molar-refractivity contribution in [3.05, 3.63) is 93.0 Å². The number of ether oxygens (including phenoxy) is 2. The quantitative estimate of drug-likeness (QED) is 0.305. The number of carbonyl (C=O) groups is 3. The Balaban J connectivity index is 1.64. The maximum atomic E-state index is 13.2. The van der Waals surface area contributed by atoms with Crippen LogP contribution in [0.3, 0.4) is 0 Å². The number of benzene rings is 3. The molecular weight excluding hydrogens is 503 g/mol. The minimum Gasteiger partial charge on any atom is -0.490 e. The molecule has 0 aliphatic carbocycles. The predicted octanol–water partition coefficient (Wildman–Crippen LogP) is 5.95. The minimum absolute atomic E-state index is 0.207. The van der Waals surface area contributed by atoms with Crippen LogP contribution in [0.25, 0.3) is 6.08 Å². The van der Waals surface area contributed by atoms with Crippen molar-refractivity contribution in [2.75, 3.05) is 11.5 Å². The van der Waals surface area contributed by atoms with E-state index < -0.39 is 17.8 Å². The van der Waals surface area contributed by atoms with Crippen molar-refractivity contribution in [3.63, 3.8) is 0 Å². The average molecular weight is 525 g/mol. The number of carbonyl (C=O) groups excluding carboxylic acids is 3. The Bertz CT molecular complexity index is 1390. The zero-order chi connectivity index (χ0) is 25.8. The molecule has 0 atom stereocenters. The number of barbiturate groups is 1. The molecule has 1 N–H and O–H groups in total. The highest BCUT2D eigenvalue weighted by Crippen LogP contribution is 2.32. The molecule has 0 spiro atoms. The highest BCUT2D eigenvalue weighted by atomic mass is 35.5. The lowest BCUT2D eigenvalue weighted by molar-refractivity contribution is -0.122. The first-order valence-electron chi connectivity index (χ1n) is 11.1. The average Bonchev–Trinajstić information content (AvgIpc) is 2.85. The maximum Gasteiger partial charge on any atom is 0.335 e. The van der Waals surface area contributed by atoms with Gasteiger partial charge in [0.2, 0.25) is 0 Å². The normalized spacial score (nSPS) is 14.7. The number of hydrogen-bond donors (Lipinski definition) is 1. The molecule has 0 saturated carbocycles. The molecule has 1 aliphatic rings. The summed E-state index contributed by atoms with van der Waals surface area (Å²) in [5.74, 6) is -0.644. The van der Waals surface area contributed by atoms with E-state index in [4.69, 9.17) is 32.7 Å². The monoisotopic (exact) mass is 524 g/mol. The number of imide groups is 2. The molecule has 3 aromatic rings. The van der Waals surface area contributed by atoms with Crippen LogP contribution in [-0.4, -0.2) is 24.5 Å². The Kier molecular flexibility index (Phi) is 7.62. The second-order valence-corrected chi connectivity index (χ2v) is 8.68. The van der Waals surface area contributed by atoms with E-state index in [0.717, 1.165) is 10.5 Å². The van der Waals surface area contributed by atoms with Gasteiger partial charge in [-0.15, -0.1) is 0 Å². The third-order valence-corrected chi connectivity index (χ3v) is 6.28. The topological polar surface area (TPSA) is 84.9 Å². The van der Waals surface area contributed by atoms with Gasteiger partial charge in [0, 0.05) is 15.6 Å². The Morgan fingerprint density at radius 3 is 2.42 bits per heavy atom. The summed E-state index contributed by atoms with van der Waals surface area (Å²) in [6, 6.07) is 16.4. The standard InChI is InChI=1S/C27H22Cl2N2O5/c1-3-35-24-14-17(11-12-23(24)36-15-18-7-4-5-8-21(18)29)13-19-25(32)30-27(34)31(26(19)33)22-10-6-9-20(28)16(22)2/h4-14H,3,15H2,1-2H3,(H,30,32,34)/b19-13+. The molecule has 0 aromatic heterocycles. The van der Waals surface area contributed by atoms with E-state index in [-0.39, 0.29) is 12.2 Å². The van der Waals surface area contributed by atoms with Gasteiger partial charge in [0.05, 0.1) is 12.3 Å². The minimum atomic E-state index is -0.842. The Morgan fingerprint density at radius 1 is 0.917 bits per heavy atom. The van der Waals surface area contributed by atoms with Gasteiger partial charge in [0.15, 0.2) is 11.5 Å². The molecule has 1 fully saturated rings. The molecule has 36 heavy (non-hydrogen) atoms. The lowest BCUT2D eigenvalue weighted by Gasteiger charge is -2.27. The van der Waals surface area contributed by atoms with Gasteiger partial charge in [0.1, 0.15) is 12.2 Å². The van der Waals surface area contributed by atoms with E-state index in [0.29, 0.717) is 45.0 Å². The third-order valence-electron chi connectivity index (χ3n) is 5.50. The first-order valence-corrected chi connectivity index (χ1v) is 11.9. The number of halogens is 2. The number of amides is 4. The van der Waals surface area contributed by atoms with E-state index in [1.807, 2.05) is 25.1 Å². The first-order chi connectivity index (χ1) is 17.3. The number of rotatable bonds is 7. The van der Waals surface area contributed by atoms with Crippen LogP contribution >= 0.6 is 23.2 Å². The zero-order valence-corrected chi connectivity index (χ0v) is 21.0. The number of anilines is 1. The fourth-order valence-electron chi connectivity index (χ4n) is 3.65. The van der Waals surface area contributed by atoms with Gasteiger partial charge >= 0.3 is 6.03 Å². The highest BCUT2D eigenvalue weighted by Gasteiger charge is 2.37. The number of nitrogens with zero attached hydrogens (tertiary/aromatic N) is 1. The van der Waals surface area contributed by atoms with Crippen LogP contribution in [0.1, 0.15) is 23.6 Å². The number of nitrogens with one attached hydrogen (secondary N) is 1. The summed E-state index contributed by atoms with van der Waals surface area (Å²) in [7, 11) is 0. The van der Waals surface area contributed by atoms with E-state index >= 15 is 0 Å². The summed E-state index contributed by atoms with van der Waals surface area (Å²) < 4.78 is 11.6. The van der Waals surface area contributed by atoms with Crippen LogP contribution in [0, 0.1) is 6.92 Å². The molecule has 4 rings (SSSR count). The van der Waals surface area contributed by atoms with Crippen LogP contribution in [0.15, 0.2) is 66.2 Å². The van der Waals surface area contributed by atoms with Gasteiger partial charge < -0.3 is 9.47 Å². The summed E-state index contributed by atoms with van der Waals surface area (Å²) in [5.41, 5.74) is 1.95. The molecule has 1 aliphatic heterocycles. The fourth-order valence-corrected chi connectivity index (χ4v) is 4.01. The van der Waals surface area contributed by atoms with E-state index in [9.17, 15) is 14.4 Å². The van der Waals surface area contributed by atoms with Crippen LogP contribution in [0.2, 0.25) is 10.0 Å². The largest absolute Gasteiger partial charge is 0.490 e. The first kappa shape index (κ1) is 25.3. The molecular formula is C27H22Cl2N2O5. The van der Waals surface area contributed by atoms with Crippen molar-refractivity contribution in [1.29, 1.82) is 0 Å². The second-order valence-electron chi connectivity index (χ2n) is 7.86. The molecule has 0 bridgehead atoms. The van der Waals surface area contributed by atoms with Crippen LogP contribution in [0.4, 0.5) is 10.5 Å². The molecule has 9 heteroatoms. The molecule has 0 unspecified atom stereocenters. The van der Waals surface area contributed by atoms with Gasteiger partial charge in [-0.2, -0.15) is 0 Å².